The van der Waals surface area contributed by atoms with Crippen LogP contribution in [0.4, 0.5) is 5.95 Å². The molecule has 2 rings (SSSR count). The minimum Gasteiger partial charge on any atom is -0.462 e. The van der Waals surface area contributed by atoms with Gasteiger partial charge in [-0.3, -0.25) is 9.99 Å². The van der Waals surface area contributed by atoms with Gasteiger partial charge in [0.15, 0.2) is 0 Å². The Morgan fingerprint density at radius 2 is 2.33 bits per heavy atom. The zero-order valence-corrected chi connectivity index (χ0v) is 9.45. The van der Waals surface area contributed by atoms with E-state index in [1.165, 1.54) is 0 Å². The fraction of sp³-hybridized carbons (Fsp3) is 0.200. The van der Waals surface area contributed by atoms with Crippen LogP contribution >= 0.6 is 0 Å². The third-order valence-corrected chi connectivity index (χ3v) is 1.95. The molecule has 92 valence electrons. The monoisotopic (exact) mass is 245 g/mol. The Kier molecular flexibility index (Phi) is 3.68. The van der Waals surface area contributed by atoms with Crippen LogP contribution in [0, 0.1) is 12.3 Å². The Bertz CT molecular complexity index is 546. The minimum absolute atomic E-state index is 0.150. The van der Waals surface area contributed by atoms with Crippen molar-refractivity contribution in [2.45, 2.75) is 6.42 Å². The van der Waals surface area contributed by atoms with Crippen molar-refractivity contribution in [3.8, 4) is 24.3 Å². The van der Waals surface area contributed by atoms with Crippen LogP contribution in [0.25, 0.3) is 5.95 Å². The maximum atomic E-state index is 5.29. The van der Waals surface area contributed by atoms with E-state index in [0.717, 1.165) is 0 Å². The molecule has 0 unspecified atom stereocenters. The number of hydrogen-bond acceptors (Lipinski definition) is 7. The van der Waals surface area contributed by atoms with Crippen LogP contribution in [0.5, 0.6) is 6.01 Å². The van der Waals surface area contributed by atoms with Gasteiger partial charge in [0.1, 0.15) is 12.9 Å². The second-order valence-corrected chi connectivity index (χ2v) is 3.16. The SMILES string of the molecule is C#CCCOc1nc(NN)nc(-n2ccnc2)n1. The molecule has 2 heterocycles. The number of ether oxygens (including phenoxy) is 1. The van der Waals surface area contributed by atoms with E-state index in [0.29, 0.717) is 19.0 Å². The van der Waals surface area contributed by atoms with E-state index in [4.69, 9.17) is 17.0 Å². The predicted molar refractivity (Wildman–Crippen MR) is 63.7 cm³/mol. The van der Waals surface area contributed by atoms with Gasteiger partial charge in [0.25, 0.3) is 0 Å². The molecule has 2 aromatic heterocycles. The van der Waals surface area contributed by atoms with Gasteiger partial charge in [0, 0.05) is 18.8 Å². The van der Waals surface area contributed by atoms with Gasteiger partial charge in [-0.05, 0) is 0 Å². The lowest BCUT2D eigenvalue weighted by molar-refractivity contribution is 0.300. The smallest absolute Gasteiger partial charge is 0.323 e. The lowest BCUT2D eigenvalue weighted by Gasteiger charge is -2.06. The molecule has 3 N–H and O–H groups in total. The maximum absolute atomic E-state index is 5.29. The lowest BCUT2D eigenvalue weighted by atomic mass is 10.5. The number of nitrogens with zero attached hydrogens (tertiary/aromatic N) is 5. The van der Waals surface area contributed by atoms with E-state index in [9.17, 15) is 0 Å². The zero-order chi connectivity index (χ0) is 12.8. The second kappa shape index (κ2) is 5.60. The van der Waals surface area contributed by atoms with Crippen molar-refractivity contribution in [2.24, 2.45) is 5.84 Å². The molecular weight excluding hydrogens is 234 g/mol. The van der Waals surface area contributed by atoms with E-state index < -0.39 is 0 Å². The molecule has 0 amide bonds. The standard InChI is InChI=1S/C10H11N7O/c1-2-3-6-18-10-14-8(16-11)13-9(15-10)17-5-4-12-7-17/h1,4-5,7H,3,6,11H2,(H,13,14,15,16). The first-order valence-corrected chi connectivity index (χ1v) is 5.11. The molecule has 0 atom stereocenters. The quantitative estimate of drug-likeness (QED) is 0.324. The Labute approximate surface area is 103 Å². The van der Waals surface area contributed by atoms with Crippen LogP contribution in [0.3, 0.4) is 0 Å². The number of hydrogen-bond donors (Lipinski definition) is 2. The first-order valence-electron chi connectivity index (χ1n) is 5.11. The summed E-state index contributed by atoms with van der Waals surface area (Å²) < 4.78 is 6.90. The van der Waals surface area contributed by atoms with Crippen molar-refractivity contribution in [2.75, 3.05) is 12.0 Å². The highest BCUT2D eigenvalue weighted by Crippen LogP contribution is 2.10. The summed E-state index contributed by atoms with van der Waals surface area (Å²) in [4.78, 5) is 16.0. The van der Waals surface area contributed by atoms with Crippen molar-refractivity contribution in [3.05, 3.63) is 18.7 Å². The number of nitrogen functional groups attached to an aromatic ring is 1. The third-order valence-electron chi connectivity index (χ3n) is 1.95. The molecule has 0 saturated heterocycles. The molecule has 0 spiro atoms. The summed E-state index contributed by atoms with van der Waals surface area (Å²) in [5, 5.41) is 0. The molecule has 2 aromatic rings. The van der Waals surface area contributed by atoms with E-state index >= 15 is 0 Å². The van der Waals surface area contributed by atoms with Crippen LogP contribution in [0.15, 0.2) is 18.7 Å². The molecule has 0 aliphatic carbocycles. The van der Waals surface area contributed by atoms with E-state index in [1.807, 2.05) is 0 Å². The molecule has 0 aliphatic heterocycles. The zero-order valence-electron chi connectivity index (χ0n) is 9.45. The topological polar surface area (TPSA) is 104 Å². The third kappa shape index (κ3) is 2.72. The van der Waals surface area contributed by atoms with Gasteiger partial charge in [-0.25, -0.2) is 10.8 Å². The van der Waals surface area contributed by atoms with Crippen molar-refractivity contribution >= 4 is 5.95 Å². The summed E-state index contributed by atoms with van der Waals surface area (Å²) in [6, 6.07) is 0.150. The fourth-order valence-electron chi connectivity index (χ4n) is 1.17. The molecule has 0 fully saturated rings. The molecule has 0 aromatic carbocycles. The van der Waals surface area contributed by atoms with Crippen LogP contribution in [-0.4, -0.2) is 31.1 Å². The van der Waals surface area contributed by atoms with Crippen LogP contribution in [0.2, 0.25) is 0 Å². The number of anilines is 1. The average Bonchev–Trinajstić information content (AvgIpc) is 2.92. The molecule has 8 heteroatoms. The molecule has 0 aliphatic rings. The van der Waals surface area contributed by atoms with E-state index in [2.05, 4.69) is 31.3 Å². The normalized spacial score (nSPS) is 9.78. The number of hydrazine groups is 1. The number of terminal acetylenes is 1. The summed E-state index contributed by atoms with van der Waals surface area (Å²) in [5.74, 6) is 8.29. The molecule has 18 heavy (non-hydrogen) atoms. The number of imidazole rings is 1. The molecule has 0 saturated carbocycles. The Morgan fingerprint density at radius 1 is 1.44 bits per heavy atom. The van der Waals surface area contributed by atoms with Gasteiger partial charge >= 0.3 is 6.01 Å². The number of nitrogens with one attached hydrogen (secondary N) is 1. The van der Waals surface area contributed by atoms with Gasteiger partial charge in [-0.15, -0.1) is 12.3 Å². The number of aromatic nitrogens is 5. The predicted octanol–water partition coefficient (Wildman–Crippen LogP) is -0.255. The van der Waals surface area contributed by atoms with E-state index in [1.54, 1.807) is 23.3 Å². The van der Waals surface area contributed by atoms with Crippen molar-refractivity contribution in [3.63, 3.8) is 0 Å². The number of rotatable bonds is 5. The fourth-order valence-corrected chi connectivity index (χ4v) is 1.17. The lowest BCUT2D eigenvalue weighted by Crippen LogP contribution is -2.14. The largest absolute Gasteiger partial charge is 0.462 e. The highest BCUT2D eigenvalue weighted by atomic mass is 16.5. The first kappa shape index (κ1) is 11.8. The second-order valence-electron chi connectivity index (χ2n) is 3.16. The average molecular weight is 245 g/mol. The Balaban J connectivity index is 2.25. The van der Waals surface area contributed by atoms with E-state index in [-0.39, 0.29) is 12.0 Å². The highest BCUT2D eigenvalue weighted by Gasteiger charge is 2.07. The maximum Gasteiger partial charge on any atom is 0.323 e. The molecule has 0 bridgehead atoms. The van der Waals surface area contributed by atoms with Crippen molar-refractivity contribution in [1.82, 2.24) is 24.5 Å². The van der Waals surface area contributed by atoms with Crippen LogP contribution < -0.4 is 16.0 Å². The molecular formula is C10H11N7O. The minimum atomic E-state index is 0.150. The van der Waals surface area contributed by atoms with Crippen LogP contribution in [-0.2, 0) is 0 Å². The number of nitrogens with two attached hydrogens (primary N) is 1. The summed E-state index contributed by atoms with van der Waals surface area (Å²) in [5.41, 5.74) is 2.34. The van der Waals surface area contributed by atoms with Gasteiger partial charge < -0.3 is 4.74 Å². The summed E-state index contributed by atoms with van der Waals surface area (Å²) >= 11 is 0. The summed E-state index contributed by atoms with van der Waals surface area (Å²) in [6.07, 6.45) is 10.5. The van der Waals surface area contributed by atoms with Gasteiger partial charge in [0.05, 0.1) is 0 Å². The molecule has 8 nitrogen and oxygen atoms in total. The summed E-state index contributed by atoms with van der Waals surface area (Å²) in [6.45, 7) is 0.327. The highest BCUT2D eigenvalue weighted by molar-refractivity contribution is 5.28. The van der Waals surface area contributed by atoms with Gasteiger partial charge in [-0.1, -0.05) is 0 Å². The Hall–Kier alpha value is -2.66. The molecule has 0 radical (unpaired) electrons. The van der Waals surface area contributed by atoms with Gasteiger partial charge in [0.2, 0.25) is 11.9 Å². The first-order chi connectivity index (χ1) is 8.83. The van der Waals surface area contributed by atoms with Gasteiger partial charge in [-0.2, -0.15) is 15.0 Å². The summed E-state index contributed by atoms with van der Waals surface area (Å²) in [7, 11) is 0. The van der Waals surface area contributed by atoms with Crippen molar-refractivity contribution in [1.29, 1.82) is 0 Å². The Morgan fingerprint density at radius 3 is 3.00 bits per heavy atom. The van der Waals surface area contributed by atoms with Crippen LogP contribution in [0.1, 0.15) is 6.42 Å². The van der Waals surface area contributed by atoms with Crippen molar-refractivity contribution < 1.29 is 4.74 Å².